The van der Waals surface area contributed by atoms with E-state index in [1.807, 2.05) is 0 Å². The van der Waals surface area contributed by atoms with E-state index in [-0.39, 0.29) is 177 Å². The van der Waals surface area contributed by atoms with Crippen LogP contribution in [0.15, 0.2) is 0 Å². The van der Waals surface area contributed by atoms with Crippen LogP contribution in [0.5, 0.6) is 0 Å². The van der Waals surface area contributed by atoms with E-state index in [4.69, 9.17) is 0 Å². The minimum atomic E-state index is 0. The van der Waals surface area contributed by atoms with Gasteiger partial charge in [0.25, 0.3) is 0 Å². The summed E-state index contributed by atoms with van der Waals surface area (Å²) in [5, 5.41) is 0. The van der Waals surface area contributed by atoms with Gasteiger partial charge in [-0.3, -0.25) is 0 Å². The van der Waals surface area contributed by atoms with E-state index in [0.29, 0.717) is 0 Å². The maximum Gasteiger partial charge on any atom is 2.00 e. The Morgan fingerprint density at radius 2 is 0.333 bits per heavy atom. The average Bonchev–Trinajstić information content (AvgIpc) is 0. The molecule has 0 rings (SSSR count). The number of hydrogen-bond acceptors (Lipinski definition) is 0. The van der Waals surface area contributed by atoms with E-state index >= 15 is 0 Å². The van der Waals surface area contributed by atoms with E-state index in [2.05, 4.69) is 0 Å². The Balaban J connectivity index is 0. The molecule has 0 aromatic heterocycles. The van der Waals surface area contributed by atoms with Crippen LogP contribution in [0.4, 0.5) is 0 Å². The molecule has 9 nitrogen and oxygen atoms in total. The molecular formula is H6CaNa2O9P2Si-14. The van der Waals surface area contributed by atoms with Crippen molar-refractivity contribution < 1.29 is 108 Å². The minimum absolute atomic E-state index is 0. The summed E-state index contributed by atoms with van der Waals surface area (Å²) >= 11 is 0. The second kappa shape index (κ2) is 328. The summed E-state index contributed by atoms with van der Waals surface area (Å²) in [6, 6.07) is 0. The Bertz CT molecular complexity index is 26.1. The van der Waals surface area contributed by atoms with E-state index in [1.165, 1.54) is 0 Å². The minimum Gasteiger partial charge on any atom is -2.00 e. The van der Waals surface area contributed by atoms with Crippen molar-refractivity contribution in [2.45, 2.75) is 0 Å². The molecule has 0 N–H and O–H groups in total. The Morgan fingerprint density at radius 1 is 0.333 bits per heavy atom. The Kier molecular flexibility index (Phi) is 8470. The monoisotopic (exact) mass is 326 g/mol. The molecule has 15 heteroatoms. The Morgan fingerprint density at radius 3 is 0.333 bits per heavy atom. The topological polar surface area (TPSA) is 256 Å². The van der Waals surface area contributed by atoms with Crippen molar-refractivity contribution in [3.8, 4) is 0 Å². The molecule has 0 aromatic carbocycles. The Labute approximate surface area is 174 Å². The smallest absolute Gasteiger partial charge is 2.00 e. The fraction of sp³-hybridized carbons (Fsp3) is 0. The van der Waals surface area contributed by atoms with Crippen LogP contribution in [0, 0.1) is 0 Å². The third kappa shape index (κ3) is 290. The molecule has 0 aliphatic carbocycles. The third-order valence-corrected chi connectivity index (χ3v) is 0. The van der Waals surface area contributed by atoms with Crippen LogP contribution >= 0.6 is 19.8 Å². The molecule has 0 saturated heterocycles. The van der Waals surface area contributed by atoms with Gasteiger partial charge >= 0.3 is 96.9 Å². The molecule has 0 aromatic rings. The SMILES string of the molecule is P.P.[Ca+2].[Na+].[Na+].[O-2].[O-2].[O-2].[O-2].[O-2].[O-2].[O-2].[O-2].[O-2].[Si]. The van der Waals surface area contributed by atoms with Crippen molar-refractivity contribution in [2.75, 3.05) is 0 Å². The van der Waals surface area contributed by atoms with Gasteiger partial charge in [-0.05, 0) is 0 Å². The zero-order valence-corrected chi connectivity index (χ0v) is 18.3. The number of rotatable bonds is 0. The molecule has 0 heterocycles. The Hall–Kier alpha value is 3.98. The molecule has 92 valence electrons. The van der Waals surface area contributed by atoms with E-state index in [0.717, 1.165) is 0 Å². The summed E-state index contributed by atoms with van der Waals surface area (Å²) in [5.74, 6) is 0. The van der Waals surface area contributed by atoms with E-state index in [1.54, 1.807) is 0 Å². The van der Waals surface area contributed by atoms with Gasteiger partial charge in [-0.1, -0.05) is 0 Å². The van der Waals surface area contributed by atoms with Crippen molar-refractivity contribution in [3.63, 3.8) is 0 Å². The molecule has 15 heavy (non-hydrogen) atoms. The zero-order chi connectivity index (χ0) is 0. The van der Waals surface area contributed by atoms with Crippen LogP contribution in [-0.4, -0.2) is 48.7 Å². The summed E-state index contributed by atoms with van der Waals surface area (Å²) < 4.78 is 0. The van der Waals surface area contributed by atoms with Crippen LogP contribution in [0.25, 0.3) is 0 Å². The third-order valence-electron chi connectivity index (χ3n) is 0. The van der Waals surface area contributed by atoms with Gasteiger partial charge < -0.3 is 49.3 Å². The summed E-state index contributed by atoms with van der Waals surface area (Å²) in [6.45, 7) is 0. The van der Waals surface area contributed by atoms with Crippen molar-refractivity contribution in [1.29, 1.82) is 0 Å². The van der Waals surface area contributed by atoms with Crippen LogP contribution in [0.3, 0.4) is 0 Å². The van der Waals surface area contributed by atoms with Crippen molar-refractivity contribution in [3.05, 3.63) is 0 Å². The molecule has 0 aliphatic rings. The van der Waals surface area contributed by atoms with Gasteiger partial charge in [-0.15, -0.1) is 0 Å². The summed E-state index contributed by atoms with van der Waals surface area (Å²) in [7, 11) is 0. The van der Waals surface area contributed by atoms with Crippen LogP contribution in [0.2, 0.25) is 0 Å². The average molecular weight is 326 g/mol. The standard InChI is InChI=1S/Ca.2Na.9O.2H3P.Si/h;;;;;;;;;;;;2*1H3;/q+2;2*+1;9*-2;;;. The van der Waals surface area contributed by atoms with Crippen LogP contribution in [-0.2, 0) is 49.3 Å². The quantitative estimate of drug-likeness (QED) is 0.296. The van der Waals surface area contributed by atoms with Crippen molar-refractivity contribution in [2.24, 2.45) is 0 Å². The summed E-state index contributed by atoms with van der Waals surface area (Å²) in [5.41, 5.74) is 0. The van der Waals surface area contributed by atoms with Crippen molar-refractivity contribution >= 4 is 68.5 Å². The van der Waals surface area contributed by atoms with Gasteiger partial charge in [0, 0.05) is 11.0 Å². The molecule has 2 atom stereocenters. The van der Waals surface area contributed by atoms with Crippen LogP contribution < -0.4 is 59.1 Å². The van der Waals surface area contributed by atoms with Gasteiger partial charge in [0.2, 0.25) is 0 Å². The second-order valence-electron chi connectivity index (χ2n) is 0. The fourth-order valence-corrected chi connectivity index (χ4v) is 0. The summed E-state index contributed by atoms with van der Waals surface area (Å²) in [6.07, 6.45) is 0. The normalized spacial score (nSPS) is 0. The first kappa shape index (κ1) is 388. The van der Waals surface area contributed by atoms with Gasteiger partial charge in [0.05, 0.1) is 0 Å². The van der Waals surface area contributed by atoms with E-state index in [9.17, 15) is 0 Å². The molecule has 2 unspecified atom stereocenters. The molecular weight excluding hydrogens is 320 g/mol. The van der Waals surface area contributed by atoms with Crippen molar-refractivity contribution in [1.82, 2.24) is 0 Å². The number of hydrogen-bond donors (Lipinski definition) is 0. The van der Waals surface area contributed by atoms with Gasteiger partial charge in [-0.25, -0.2) is 0 Å². The first-order valence-corrected chi connectivity index (χ1v) is 0. The predicted octanol–water partition coefficient (Wildman–Crippen LogP) is -7.71. The van der Waals surface area contributed by atoms with E-state index < -0.39 is 0 Å². The molecule has 0 amide bonds. The predicted molar refractivity (Wildman–Crippen MR) is 39.9 cm³/mol. The largest absolute Gasteiger partial charge is 2.00 e. The second-order valence-corrected chi connectivity index (χ2v) is 0. The molecule has 0 bridgehead atoms. The summed E-state index contributed by atoms with van der Waals surface area (Å²) in [4.78, 5) is 0. The molecule has 4 radical (unpaired) electrons. The fourth-order valence-electron chi connectivity index (χ4n) is 0. The van der Waals surface area contributed by atoms with Crippen LogP contribution in [0.1, 0.15) is 0 Å². The molecule has 0 spiro atoms. The maximum absolute atomic E-state index is 0. The van der Waals surface area contributed by atoms with Gasteiger partial charge in [-0.2, -0.15) is 19.8 Å². The molecule has 0 fully saturated rings. The van der Waals surface area contributed by atoms with Gasteiger partial charge in [0.15, 0.2) is 0 Å². The maximum atomic E-state index is 0. The first-order chi connectivity index (χ1) is 0. The molecule has 0 aliphatic heterocycles. The zero-order valence-electron chi connectivity index (χ0n) is 8.30. The molecule has 0 saturated carbocycles. The first-order valence-electron chi connectivity index (χ1n) is 0. The van der Waals surface area contributed by atoms with Gasteiger partial charge in [0.1, 0.15) is 0 Å².